The number of methoxy groups -OCH3 is 1. The van der Waals surface area contributed by atoms with E-state index in [-0.39, 0.29) is 0 Å². The van der Waals surface area contributed by atoms with Crippen molar-refractivity contribution in [2.24, 2.45) is 4.99 Å². The maximum Gasteiger partial charge on any atom is 0.191 e. The Hall–Kier alpha value is -2.86. The van der Waals surface area contributed by atoms with Gasteiger partial charge in [-0.3, -0.25) is 0 Å². The van der Waals surface area contributed by atoms with Crippen LogP contribution in [0, 0.1) is 0 Å². The minimum Gasteiger partial charge on any atom is -0.496 e. The smallest absolute Gasteiger partial charge is 0.191 e. The number of nitrogens with one attached hydrogen (secondary N) is 2. The first-order chi connectivity index (χ1) is 13.8. The molecule has 6 heteroatoms. The number of thiazole rings is 1. The van der Waals surface area contributed by atoms with E-state index in [1.807, 2.05) is 36.4 Å². The molecule has 0 bridgehead atoms. The van der Waals surface area contributed by atoms with E-state index < -0.39 is 0 Å². The number of ether oxygens (including phenoxy) is 1. The summed E-state index contributed by atoms with van der Waals surface area (Å²) in [5, 5.41) is 9.77. The molecule has 28 heavy (non-hydrogen) atoms. The zero-order valence-corrected chi connectivity index (χ0v) is 17.1. The second-order valence-corrected chi connectivity index (χ2v) is 7.12. The highest BCUT2D eigenvalue weighted by atomic mass is 32.1. The Morgan fingerprint density at radius 3 is 2.64 bits per heavy atom. The van der Waals surface area contributed by atoms with Crippen LogP contribution >= 0.6 is 11.3 Å². The summed E-state index contributed by atoms with van der Waals surface area (Å²) < 4.78 is 5.41. The van der Waals surface area contributed by atoms with Crippen molar-refractivity contribution in [1.29, 1.82) is 0 Å². The van der Waals surface area contributed by atoms with Gasteiger partial charge in [-0.05, 0) is 25.0 Å². The van der Waals surface area contributed by atoms with Crippen molar-refractivity contribution in [2.75, 3.05) is 20.2 Å². The molecule has 0 saturated carbocycles. The highest BCUT2D eigenvalue weighted by Crippen LogP contribution is 2.22. The maximum absolute atomic E-state index is 5.41. The Morgan fingerprint density at radius 1 is 1.07 bits per heavy atom. The quantitative estimate of drug-likeness (QED) is 0.446. The molecule has 3 aromatic rings. The third-order valence-electron chi connectivity index (χ3n) is 4.22. The summed E-state index contributed by atoms with van der Waals surface area (Å²) >= 11 is 1.64. The third-order valence-corrected chi connectivity index (χ3v) is 5.05. The van der Waals surface area contributed by atoms with Gasteiger partial charge in [0.2, 0.25) is 0 Å². The molecular weight excluding hydrogens is 368 g/mol. The Labute approximate surface area is 170 Å². The van der Waals surface area contributed by atoms with Crippen LogP contribution in [0.3, 0.4) is 0 Å². The lowest BCUT2D eigenvalue weighted by Gasteiger charge is -2.12. The molecule has 0 aliphatic rings. The van der Waals surface area contributed by atoms with Gasteiger partial charge >= 0.3 is 0 Å². The summed E-state index contributed by atoms with van der Waals surface area (Å²) in [4.78, 5) is 9.38. The number of nitrogens with zero attached hydrogens (tertiary/aromatic N) is 2. The van der Waals surface area contributed by atoms with E-state index in [0.29, 0.717) is 6.54 Å². The van der Waals surface area contributed by atoms with Gasteiger partial charge in [-0.1, -0.05) is 48.5 Å². The fourth-order valence-corrected chi connectivity index (χ4v) is 3.57. The van der Waals surface area contributed by atoms with Crippen molar-refractivity contribution in [3.05, 3.63) is 70.5 Å². The van der Waals surface area contributed by atoms with Gasteiger partial charge in [-0.2, -0.15) is 0 Å². The van der Waals surface area contributed by atoms with E-state index in [1.54, 1.807) is 18.4 Å². The summed E-state index contributed by atoms with van der Waals surface area (Å²) in [5.74, 6) is 1.72. The van der Waals surface area contributed by atoms with Gasteiger partial charge in [-0.15, -0.1) is 11.3 Å². The summed E-state index contributed by atoms with van der Waals surface area (Å²) in [7, 11) is 1.70. The number of rotatable bonds is 8. The Balaban J connectivity index is 1.57. The van der Waals surface area contributed by atoms with E-state index in [4.69, 9.17) is 9.72 Å². The van der Waals surface area contributed by atoms with Crippen LogP contribution in [0.2, 0.25) is 0 Å². The predicted octanol–water partition coefficient (Wildman–Crippen LogP) is 4.12. The Kier molecular flexibility index (Phi) is 7.44. The Morgan fingerprint density at radius 2 is 1.86 bits per heavy atom. The summed E-state index contributed by atoms with van der Waals surface area (Å²) in [6.07, 6.45) is 0.865. The third kappa shape index (κ3) is 5.57. The normalized spacial score (nSPS) is 11.3. The van der Waals surface area contributed by atoms with E-state index in [0.717, 1.165) is 47.5 Å². The average Bonchev–Trinajstić information content (AvgIpc) is 3.22. The van der Waals surface area contributed by atoms with Crippen LogP contribution < -0.4 is 15.4 Å². The summed E-state index contributed by atoms with van der Waals surface area (Å²) in [6, 6.07) is 18.3. The summed E-state index contributed by atoms with van der Waals surface area (Å²) in [6.45, 7) is 4.21. The number of aliphatic imine (C=N–C) groups is 1. The molecule has 2 N–H and O–H groups in total. The molecule has 2 aromatic carbocycles. The van der Waals surface area contributed by atoms with Crippen molar-refractivity contribution >= 4 is 17.3 Å². The van der Waals surface area contributed by atoms with Crippen LogP contribution in [-0.4, -0.2) is 31.1 Å². The van der Waals surface area contributed by atoms with Gasteiger partial charge in [0.15, 0.2) is 5.96 Å². The van der Waals surface area contributed by atoms with Gasteiger partial charge in [0.1, 0.15) is 10.8 Å². The Bertz CT molecular complexity index is 892. The topological polar surface area (TPSA) is 58.5 Å². The lowest BCUT2D eigenvalue weighted by molar-refractivity contribution is 0.409. The standard InChI is InChI=1S/C22H26N4OS/c1-3-23-22(24-14-13-18-11-7-8-12-20(18)27-2)25-15-21-26-19(16-28-21)17-9-5-4-6-10-17/h4-12,16H,3,13-15H2,1-2H3,(H2,23,24,25). The highest BCUT2D eigenvalue weighted by molar-refractivity contribution is 7.09. The van der Waals surface area contributed by atoms with Crippen LogP contribution in [0.15, 0.2) is 65.0 Å². The van der Waals surface area contributed by atoms with Crippen molar-refractivity contribution in [3.63, 3.8) is 0 Å². The van der Waals surface area contributed by atoms with Gasteiger partial charge < -0.3 is 15.4 Å². The number of guanidine groups is 1. The number of benzene rings is 2. The monoisotopic (exact) mass is 394 g/mol. The van der Waals surface area contributed by atoms with E-state index >= 15 is 0 Å². The molecule has 0 aliphatic carbocycles. The predicted molar refractivity (Wildman–Crippen MR) is 117 cm³/mol. The molecule has 1 aromatic heterocycles. The fraction of sp³-hybridized carbons (Fsp3) is 0.273. The van der Waals surface area contributed by atoms with Gasteiger partial charge in [0, 0.05) is 24.0 Å². The van der Waals surface area contributed by atoms with Crippen molar-refractivity contribution in [2.45, 2.75) is 19.9 Å². The molecule has 0 aliphatic heterocycles. The fourth-order valence-electron chi connectivity index (χ4n) is 2.84. The van der Waals surface area contributed by atoms with Crippen molar-refractivity contribution < 1.29 is 4.74 Å². The number of para-hydroxylation sites is 1. The molecule has 0 atom stereocenters. The molecular formula is C22H26N4OS. The lowest BCUT2D eigenvalue weighted by atomic mass is 10.1. The van der Waals surface area contributed by atoms with Crippen molar-refractivity contribution in [3.8, 4) is 17.0 Å². The highest BCUT2D eigenvalue weighted by Gasteiger charge is 2.05. The van der Waals surface area contributed by atoms with Gasteiger partial charge in [0.25, 0.3) is 0 Å². The van der Waals surface area contributed by atoms with Crippen LogP contribution in [0.25, 0.3) is 11.3 Å². The number of aromatic nitrogens is 1. The molecule has 0 radical (unpaired) electrons. The van der Waals surface area contributed by atoms with Gasteiger partial charge in [0.05, 0.1) is 19.3 Å². The molecule has 1 heterocycles. The SMILES string of the molecule is CCNC(=NCc1nc(-c2ccccc2)cs1)NCCc1ccccc1OC. The van der Waals surface area contributed by atoms with Gasteiger partial charge in [-0.25, -0.2) is 9.98 Å². The van der Waals surface area contributed by atoms with Crippen LogP contribution in [0.5, 0.6) is 5.75 Å². The minimum atomic E-state index is 0.557. The molecule has 0 amide bonds. The first kappa shape index (κ1) is 19.9. The lowest BCUT2D eigenvalue weighted by Crippen LogP contribution is -2.38. The van der Waals surface area contributed by atoms with Crippen molar-refractivity contribution in [1.82, 2.24) is 15.6 Å². The second kappa shape index (κ2) is 10.5. The van der Waals surface area contributed by atoms with E-state index in [2.05, 4.69) is 46.1 Å². The second-order valence-electron chi connectivity index (χ2n) is 6.18. The molecule has 146 valence electrons. The first-order valence-electron chi connectivity index (χ1n) is 9.44. The molecule has 3 rings (SSSR count). The minimum absolute atomic E-state index is 0.557. The first-order valence-corrected chi connectivity index (χ1v) is 10.3. The maximum atomic E-state index is 5.41. The average molecular weight is 395 g/mol. The molecule has 5 nitrogen and oxygen atoms in total. The molecule has 0 fully saturated rings. The molecule has 0 saturated heterocycles. The summed E-state index contributed by atoms with van der Waals surface area (Å²) in [5.41, 5.74) is 3.32. The van der Waals surface area contributed by atoms with Crippen LogP contribution in [0.4, 0.5) is 0 Å². The van der Waals surface area contributed by atoms with E-state index in [1.165, 1.54) is 5.56 Å². The molecule has 0 spiro atoms. The van der Waals surface area contributed by atoms with E-state index in [9.17, 15) is 0 Å². The number of hydrogen-bond acceptors (Lipinski definition) is 4. The number of hydrogen-bond donors (Lipinski definition) is 2. The largest absolute Gasteiger partial charge is 0.496 e. The van der Waals surface area contributed by atoms with Crippen LogP contribution in [-0.2, 0) is 13.0 Å². The zero-order valence-electron chi connectivity index (χ0n) is 16.3. The van der Waals surface area contributed by atoms with Crippen LogP contribution in [0.1, 0.15) is 17.5 Å². The zero-order chi connectivity index (χ0) is 19.6. The molecule has 0 unspecified atom stereocenters.